The van der Waals surface area contributed by atoms with Crippen molar-refractivity contribution >= 4 is 17.7 Å². The van der Waals surface area contributed by atoms with E-state index in [1.165, 1.54) is 32.1 Å². The maximum atomic E-state index is 13.0. The van der Waals surface area contributed by atoms with Crippen molar-refractivity contribution < 1.29 is 23.9 Å². The van der Waals surface area contributed by atoms with Crippen LogP contribution in [0, 0.1) is 5.41 Å². The normalized spacial score (nSPS) is 31.2. The van der Waals surface area contributed by atoms with Crippen molar-refractivity contribution in [2.24, 2.45) is 5.41 Å². The molecule has 1 unspecified atom stereocenters. The molecule has 4 heterocycles. The number of carbonyl (C=O) groups is 3. The Hall–Kier alpha value is -2.45. The van der Waals surface area contributed by atoms with E-state index in [0.29, 0.717) is 30.0 Å². The molecule has 8 heteroatoms. The summed E-state index contributed by atoms with van der Waals surface area (Å²) in [5.41, 5.74) is 1.95. The van der Waals surface area contributed by atoms with Crippen LogP contribution in [0.4, 0.5) is 0 Å². The van der Waals surface area contributed by atoms with Crippen molar-refractivity contribution in [3.8, 4) is 5.75 Å². The SMILES string of the molecule is O=C1CCC(N2Cc3cc(O[C@H]4CCCC[C@H]4N4CCC5(CC4)COC5)ccc3C2=O)C(=O)N1. The lowest BCUT2D eigenvalue weighted by Gasteiger charge is -2.50. The second-order valence-electron chi connectivity index (χ2n) is 10.8. The molecule has 1 saturated carbocycles. The lowest BCUT2D eigenvalue weighted by molar-refractivity contribution is -0.146. The molecule has 1 aromatic carbocycles. The van der Waals surface area contributed by atoms with E-state index in [0.717, 1.165) is 44.0 Å². The number of fused-ring (bicyclic) bond motifs is 1. The van der Waals surface area contributed by atoms with Gasteiger partial charge in [0.1, 0.15) is 17.9 Å². The Labute approximate surface area is 199 Å². The Balaban J connectivity index is 1.13. The highest BCUT2D eigenvalue weighted by Crippen LogP contribution is 2.40. The highest BCUT2D eigenvalue weighted by molar-refractivity contribution is 6.05. The highest BCUT2D eigenvalue weighted by atomic mass is 16.5. The van der Waals surface area contributed by atoms with Gasteiger partial charge in [-0.1, -0.05) is 6.42 Å². The van der Waals surface area contributed by atoms with Gasteiger partial charge in [0.15, 0.2) is 0 Å². The predicted octanol–water partition coefficient (Wildman–Crippen LogP) is 2.25. The molecule has 0 radical (unpaired) electrons. The number of carbonyl (C=O) groups excluding carboxylic acids is 3. The Morgan fingerprint density at radius 3 is 2.56 bits per heavy atom. The topological polar surface area (TPSA) is 88.2 Å². The molecule has 5 aliphatic rings. The largest absolute Gasteiger partial charge is 0.489 e. The average molecular weight is 468 g/mol. The minimum Gasteiger partial charge on any atom is -0.489 e. The molecule has 3 saturated heterocycles. The van der Waals surface area contributed by atoms with Crippen LogP contribution in [0.25, 0.3) is 0 Å². The molecule has 1 spiro atoms. The van der Waals surface area contributed by atoms with Crippen molar-refractivity contribution in [1.29, 1.82) is 0 Å². The van der Waals surface area contributed by atoms with E-state index in [2.05, 4.69) is 10.2 Å². The first-order chi connectivity index (χ1) is 16.5. The number of rotatable bonds is 4. The van der Waals surface area contributed by atoms with Gasteiger partial charge in [-0.3, -0.25) is 24.6 Å². The van der Waals surface area contributed by atoms with E-state index in [4.69, 9.17) is 9.47 Å². The third-order valence-corrected chi connectivity index (χ3v) is 8.59. The van der Waals surface area contributed by atoms with E-state index in [-0.39, 0.29) is 30.2 Å². The fourth-order valence-corrected chi connectivity index (χ4v) is 6.44. The summed E-state index contributed by atoms with van der Waals surface area (Å²) in [6, 6.07) is 5.54. The summed E-state index contributed by atoms with van der Waals surface area (Å²) in [6.45, 7) is 4.47. The zero-order valence-electron chi connectivity index (χ0n) is 19.6. The number of hydrogen-bond donors (Lipinski definition) is 1. The van der Waals surface area contributed by atoms with Gasteiger partial charge in [-0.25, -0.2) is 0 Å². The van der Waals surface area contributed by atoms with Gasteiger partial charge in [0.2, 0.25) is 11.8 Å². The molecule has 1 aromatic rings. The van der Waals surface area contributed by atoms with Crippen LogP contribution in [-0.4, -0.2) is 72.0 Å². The van der Waals surface area contributed by atoms with Crippen molar-refractivity contribution in [1.82, 2.24) is 15.1 Å². The summed E-state index contributed by atoms with van der Waals surface area (Å²) >= 11 is 0. The van der Waals surface area contributed by atoms with Gasteiger partial charge in [0.05, 0.1) is 13.2 Å². The molecule has 182 valence electrons. The summed E-state index contributed by atoms with van der Waals surface area (Å²) < 4.78 is 12.1. The predicted molar refractivity (Wildman–Crippen MR) is 123 cm³/mol. The number of imide groups is 1. The van der Waals surface area contributed by atoms with Gasteiger partial charge in [0, 0.05) is 30.0 Å². The molecule has 34 heavy (non-hydrogen) atoms. The molecule has 0 aromatic heterocycles. The van der Waals surface area contributed by atoms with Crippen molar-refractivity contribution in [3.63, 3.8) is 0 Å². The van der Waals surface area contributed by atoms with Gasteiger partial charge in [-0.05, 0) is 75.4 Å². The molecule has 8 nitrogen and oxygen atoms in total. The minimum absolute atomic E-state index is 0.145. The number of nitrogens with one attached hydrogen (secondary N) is 1. The number of piperidine rings is 2. The van der Waals surface area contributed by atoms with Crippen molar-refractivity contribution in [3.05, 3.63) is 29.3 Å². The summed E-state index contributed by atoms with van der Waals surface area (Å²) in [4.78, 5) is 41.0. The Kier molecular flexibility index (Phi) is 5.60. The molecular weight excluding hydrogens is 434 g/mol. The molecule has 4 fully saturated rings. The Morgan fingerprint density at radius 2 is 1.82 bits per heavy atom. The van der Waals surface area contributed by atoms with Crippen LogP contribution in [0.5, 0.6) is 5.75 Å². The first-order valence-electron chi connectivity index (χ1n) is 12.8. The molecule has 3 atom stereocenters. The molecule has 4 aliphatic heterocycles. The summed E-state index contributed by atoms with van der Waals surface area (Å²) in [5.74, 6) is 0.00647. The van der Waals surface area contributed by atoms with Gasteiger partial charge in [0.25, 0.3) is 5.91 Å². The minimum atomic E-state index is -0.590. The average Bonchev–Trinajstić information content (AvgIpc) is 3.14. The number of ether oxygens (including phenoxy) is 2. The van der Waals surface area contributed by atoms with Crippen molar-refractivity contribution in [2.45, 2.75) is 76.1 Å². The van der Waals surface area contributed by atoms with Crippen LogP contribution in [-0.2, 0) is 20.9 Å². The molecule has 0 bridgehead atoms. The number of benzene rings is 1. The van der Waals surface area contributed by atoms with Crippen molar-refractivity contribution in [2.75, 3.05) is 26.3 Å². The summed E-state index contributed by atoms with van der Waals surface area (Å²) in [7, 11) is 0. The fourth-order valence-electron chi connectivity index (χ4n) is 6.44. The smallest absolute Gasteiger partial charge is 0.255 e. The Bertz CT molecular complexity index is 996. The van der Waals surface area contributed by atoms with E-state index in [1.54, 1.807) is 4.90 Å². The van der Waals surface area contributed by atoms with Gasteiger partial charge in [-0.15, -0.1) is 0 Å². The second-order valence-corrected chi connectivity index (χ2v) is 10.8. The van der Waals surface area contributed by atoms with Gasteiger partial charge < -0.3 is 14.4 Å². The summed E-state index contributed by atoms with van der Waals surface area (Å²) in [5, 5.41) is 2.36. The van der Waals surface area contributed by atoms with Crippen LogP contribution in [0.3, 0.4) is 0 Å². The third-order valence-electron chi connectivity index (χ3n) is 8.59. The van der Waals surface area contributed by atoms with E-state index in [1.807, 2.05) is 18.2 Å². The zero-order valence-corrected chi connectivity index (χ0v) is 19.6. The van der Waals surface area contributed by atoms with E-state index in [9.17, 15) is 14.4 Å². The molecule has 1 aliphatic carbocycles. The first-order valence-corrected chi connectivity index (χ1v) is 12.8. The second kappa shape index (κ2) is 8.64. The maximum absolute atomic E-state index is 13.0. The monoisotopic (exact) mass is 467 g/mol. The molecule has 3 amide bonds. The van der Waals surface area contributed by atoms with Crippen LogP contribution in [0.2, 0.25) is 0 Å². The highest BCUT2D eigenvalue weighted by Gasteiger charge is 2.44. The fraction of sp³-hybridized carbons (Fsp3) is 0.654. The number of hydrogen-bond acceptors (Lipinski definition) is 6. The van der Waals surface area contributed by atoms with E-state index >= 15 is 0 Å². The standard InChI is InChI=1S/C26H33N3O5/c30-23-8-7-21(24(31)27-23)29-14-17-13-18(5-6-19(17)25(29)32)34-22-4-2-1-3-20(22)28-11-9-26(10-12-28)15-33-16-26/h5-6,13,20-22H,1-4,7-12,14-16H2,(H,27,30,31)/t20-,21?,22+/m1/s1. The molecular formula is C26H33N3O5. The van der Waals surface area contributed by atoms with Crippen LogP contribution in [0.15, 0.2) is 18.2 Å². The van der Waals surface area contributed by atoms with Crippen LogP contribution < -0.4 is 10.1 Å². The molecule has 1 N–H and O–H groups in total. The quantitative estimate of drug-likeness (QED) is 0.684. The van der Waals surface area contributed by atoms with Crippen LogP contribution in [0.1, 0.15) is 67.3 Å². The van der Waals surface area contributed by atoms with Crippen LogP contribution >= 0.6 is 0 Å². The first kappa shape index (κ1) is 22.0. The zero-order chi connectivity index (χ0) is 23.3. The maximum Gasteiger partial charge on any atom is 0.255 e. The number of nitrogens with zero attached hydrogens (tertiary/aromatic N) is 2. The van der Waals surface area contributed by atoms with Gasteiger partial charge >= 0.3 is 0 Å². The van der Waals surface area contributed by atoms with E-state index < -0.39 is 6.04 Å². The lowest BCUT2D eigenvalue weighted by atomic mass is 9.76. The lowest BCUT2D eigenvalue weighted by Crippen LogP contribution is -2.56. The Morgan fingerprint density at radius 1 is 1.03 bits per heavy atom. The number of amides is 3. The molecule has 6 rings (SSSR count). The summed E-state index contributed by atoms with van der Waals surface area (Å²) in [6.07, 6.45) is 7.87. The third kappa shape index (κ3) is 3.90. The van der Waals surface area contributed by atoms with Gasteiger partial charge in [-0.2, -0.15) is 0 Å². The number of likely N-dealkylation sites (tertiary alicyclic amines) is 1.